The first-order chi connectivity index (χ1) is 13.5. The predicted octanol–water partition coefficient (Wildman–Crippen LogP) is 2.13. The average molecular weight is 375 g/mol. The molecule has 1 unspecified atom stereocenters. The Morgan fingerprint density at radius 2 is 1.43 bits per heavy atom. The minimum atomic E-state index is -0.695. The molecule has 1 atom stereocenters. The summed E-state index contributed by atoms with van der Waals surface area (Å²) in [5.74, 6) is -0.659. The molecule has 2 aromatic carbocycles. The van der Waals surface area contributed by atoms with E-state index in [9.17, 15) is 14.4 Å². The number of benzene rings is 2. The maximum atomic E-state index is 13.1. The molecule has 2 aromatic rings. The van der Waals surface area contributed by atoms with Gasteiger partial charge in [0, 0.05) is 12.7 Å². The highest BCUT2D eigenvalue weighted by Gasteiger charge is 2.44. The minimum Gasteiger partial charge on any atom is -0.324 e. The van der Waals surface area contributed by atoms with E-state index in [-0.39, 0.29) is 30.0 Å². The Bertz CT molecular complexity index is 940. The molecule has 2 aliphatic heterocycles. The van der Waals surface area contributed by atoms with E-state index in [2.05, 4.69) is 0 Å². The van der Waals surface area contributed by atoms with Gasteiger partial charge >= 0.3 is 0 Å². The predicted molar refractivity (Wildman–Crippen MR) is 103 cm³/mol. The van der Waals surface area contributed by atoms with Crippen LogP contribution < -0.4 is 0 Å². The summed E-state index contributed by atoms with van der Waals surface area (Å²) in [7, 11) is 0. The molecule has 2 aliphatic rings. The lowest BCUT2D eigenvalue weighted by Gasteiger charge is -2.43. The van der Waals surface area contributed by atoms with E-state index in [0.717, 1.165) is 11.1 Å². The molecule has 1 saturated heterocycles. The van der Waals surface area contributed by atoms with Gasteiger partial charge < -0.3 is 9.80 Å². The van der Waals surface area contributed by atoms with Crippen molar-refractivity contribution in [3.8, 4) is 0 Å². The van der Waals surface area contributed by atoms with E-state index in [0.29, 0.717) is 13.1 Å². The molecule has 0 spiro atoms. The fourth-order valence-electron chi connectivity index (χ4n) is 3.65. The van der Waals surface area contributed by atoms with E-state index in [1.807, 2.05) is 60.7 Å². The number of carbonyl (C=O) groups is 3. The molecule has 0 N–H and O–H groups in total. The Hall–Kier alpha value is -3.41. The summed E-state index contributed by atoms with van der Waals surface area (Å²) < 4.78 is 0. The van der Waals surface area contributed by atoms with Crippen molar-refractivity contribution in [3.05, 3.63) is 83.7 Å². The monoisotopic (exact) mass is 375 g/mol. The van der Waals surface area contributed by atoms with Crippen molar-refractivity contribution in [2.45, 2.75) is 26.1 Å². The summed E-state index contributed by atoms with van der Waals surface area (Å²) in [6.45, 7) is 2.37. The molecule has 0 aliphatic carbocycles. The Morgan fingerprint density at radius 1 is 0.857 bits per heavy atom. The zero-order valence-electron chi connectivity index (χ0n) is 15.6. The molecule has 6 heteroatoms. The number of carbonyl (C=O) groups excluding carboxylic acids is 3. The first-order valence-corrected chi connectivity index (χ1v) is 9.26. The molecule has 4 rings (SSSR count). The van der Waals surface area contributed by atoms with Gasteiger partial charge in [0.1, 0.15) is 18.3 Å². The van der Waals surface area contributed by atoms with Crippen molar-refractivity contribution in [1.82, 2.24) is 14.7 Å². The molecule has 2 heterocycles. The number of rotatable bonds is 4. The van der Waals surface area contributed by atoms with Crippen LogP contribution in [0.2, 0.25) is 0 Å². The van der Waals surface area contributed by atoms with Gasteiger partial charge in [-0.1, -0.05) is 60.7 Å². The van der Waals surface area contributed by atoms with Gasteiger partial charge in [-0.15, -0.1) is 0 Å². The summed E-state index contributed by atoms with van der Waals surface area (Å²) in [6.07, 6.45) is 1.52. The largest absolute Gasteiger partial charge is 0.324 e. The van der Waals surface area contributed by atoms with Crippen molar-refractivity contribution < 1.29 is 14.4 Å². The number of fused-ring (bicyclic) bond motifs is 1. The normalized spacial score (nSPS) is 19.6. The fraction of sp³-hybridized carbons (Fsp3) is 0.227. The molecule has 6 nitrogen and oxygen atoms in total. The Morgan fingerprint density at radius 3 is 2.04 bits per heavy atom. The van der Waals surface area contributed by atoms with Crippen molar-refractivity contribution >= 4 is 17.7 Å². The average Bonchev–Trinajstić information content (AvgIpc) is 2.71. The number of nitrogens with zero attached hydrogens (tertiary/aromatic N) is 3. The zero-order chi connectivity index (χ0) is 19.7. The van der Waals surface area contributed by atoms with Crippen LogP contribution >= 0.6 is 0 Å². The first kappa shape index (κ1) is 18.0. The summed E-state index contributed by atoms with van der Waals surface area (Å²) in [6, 6.07) is 18.4. The summed E-state index contributed by atoms with van der Waals surface area (Å²) in [4.78, 5) is 43.0. The maximum Gasteiger partial charge on any atom is 0.272 e. The van der Waals surface area contributed by atoms with Crippen LogP contribution in [0.3, 0.4) is 0 Å². The van der Waals surface area contributed by atoms with Crippen LogP contribution in [0.25, 0.3) is 0 Å². The highest BCUT2D eigenvalue weighted by atomic mass is 16.2. The van der Waals surface area contributed by atoms with Gasteiger partial charge in [-0.05, 0) is 18.1 Å². The van der Waals surface area contributed by atoms with Gasteiger partial charge in [-0.3, -0.25) is 19.3 Å². The number of amides is 3. The van der Waals surface area contributed by atoms with Gasteiger partial charge in [-0.25, -0.2) is 0 Å². The quantitative estimate of drug-likeness (QED) is 0.823. The second kappa shape index (κ2) is 7.31. The molecule has 142 valence electrons. The second-order valence-corrected chi connectivity index (χ2v) is 7.05. The third kappa shape index (κ3) is 3.29. The first-order valence-electron chi connectivity index (χ1n) is 9.26. The highest BCUT2D eigenvalue weighted by molar-refractivity contribution is 6.06. The molecule has 0 saturated carbocycles. The number of hydrogen-bond acceptors (Lipinski definition) is 3. The topological polar surface area (TPSA) is 60.9 Å². The molecule has 0 bridgehead atoms. The van der Waals surface area contributed by atoms with E-state index >= 15 is 0 Å². The molecule has 1 fully saturated rings. The van der Waals surface area contributed by atoms with Crippen LogP contribution in [0.5, 0.6) is 0 Å². The van der Waals surface area contributed by atoms with E-state index in [1.54, 1.807) is 6.92 Å². The standard InChI is InChI=1S/C22H21N3O3/c1-16-21(27)23(12-17-8-4-2-5-9-17)14-19-22(28)24(15-20(26)25(16)19)13-18-10-6-3-7-11-18/h2-11,14,16H,12-13,15H2,1H3. The fourth-order valence-corrected chi connectivity index (χ4v) is 3.65. The van der Waals surface area contributed by atoms with Crippen LogP contribution in [-0.2, 0) is 27.5 Å². The smallest absolute Gasteiger partial charge is 0.272 e. The highest BCUT2D eigenvalue weighted by Crippen LogP contribution is 2.27. The van der Waals surface area contributed by atoms with Gasteiger partial charge in [0.15, 0.2) is 0 Å². The van der Waals surface area contributed by atoms with Crippen LogP contribution in [0.1, 0.15) is 18.1 Å². The van der Waals surface area contributed by atoms with Crippen molar-refractivity contribution in [1.29, 1.82) is 0 Å². The molecular formula is C22H21N3O3. The molecule has 0 radical (unpaired) electrons. The Labute approximate surface area is 163 Å². The summed E-state index contributed by atoms with van der Waals surface area (Å²) >= 11 is 0. The van der Waals surface area contributed by atoms with Crippen LogP contribution in [0, 0.1) is 0 Å². The SMILES string of the molecule is CC1C(=O)N(Cc2ccccc2)C=C2C(=O)N(Cc3ccccc3)CC(=O)N21. The van der Waals surface area contributed by atoms with Crippen molar-refractivity contribution in [3.63, 3.8) is 0 Å². The van der Waals surface area contributed by atoms with Crippen molar-refractivity contribution in [2.75, 3.05) is 6.54 Å². The van der Waals surface area contributed by atoms with Crippen LogP contribution in [0.15, 0.2) is 72.6 Å². The lowest BCUT2D eigenvalue weighted by atomic mass is 10.1. The maximum absolute atomic E-state index is 13.1. The second-order valence-electron chi connectivity index (χ2n) is 7.05. The van der Waals surface area contributed by atoms with Gasteiger partial charge in [-0.2, -0.15) is 0 Å². The Kier molecular flexibility index (Phi) is 4.69. The van der Waals surface area contributed by atoms with Gasteiger partial charge in [0.25, 0.3) is 5.91 Å². The molecular weight excluding hydrogens is 354 g/mol. The van der Waals surface area contributed by atoms with Crippen molar-refractivity contribution in [2.24, 2.45) is 0 Å². The third-order valence-corrected chi connectivity index (χ3v) is 5.08. The lowest BCUT2D eigenvalue weighted by Crippen LogP contribution is -2.60. The van der Waals surface area contributed by atoms with Gasteiger partial charge in [0.2, 0.25) is 11.8 Å². The minimum absolute atomic E-state index is 0.0264. The van der Waals surface area contributed by atoms with E-state index < -0.39 is 6.04 Å². The summed E-state index contributed by atoms with van der Waals surface area (Å²) in [5.41, 5.74) is 2.18. The van der Waals surface area contributed by atoms with E-state index in [4.69, 9.17) is 0 Å². The lowest BCUT2D eigenvalue weighted by molar-refractivity contribution is -0.153. The zero-order valence-corrected chi connectivity index (χ0v) is 15.6. The Balaban J connectivity index is 1.63. The summed E-state index contributed by atoms with van der Waals surface area (Å²) in [5, 5.41) is 0. The van der Waals surface area contributed by atoms with Crippen LogP contribution in [0.4, 0.5) is 0 Å². The molecule has 0 aromatic heterocycles. The molecule has 28 heavy (non-hydrogen) atoms. The van der Waals surface area contributed by atoms with E-state index in [1.165, 1.54) is 20.9 Å². The number of hydrogen-bond donors (Lipinski definition) is 0. The third-order valence-electron chi connectivity index (χ3n) is 5.08. The molecule has 3 amide bonds. The number of piperazine rings is 1. The van der Waals surface area contributed by atoms with Gasteiger partial charge in [0.05, 0.1) is 6.54 Å². The van der Waals surface area contributed by atoms with Crippen LogP contribution in [-0.4, -0.2) is 45.0 Å².